The molecule has 1 unspecified atom stereocenters. The normalized spacial score (nSPS) is 11.9. The SMILES string of the molecule is Cc1ccccc1CNC(=O)c1ccc(CS(=O)Cc2ccc(Cl)cc2)o1. The van der Waals surface area contributed by atoms with Crippen LogP contribution in [0.1, 0.15) is 33.0 Å². The average Bonchev–Trinajstić information content (AvgIpc) is 3.11. The van der Waals surface area contributed by atoms with Crippen molar-refractivity contribution in [3.63, 3.8) is 0 Å². The van der Waals surface area contributed by atoms with Crippen LogP contribution in [0.4, 0.5) is 0 Å². The summed E-state index contributed by atoms with van der Waals surface area (Å²) in [7, 11) is -1.13. The zero-order valence-electron chi connectivity index (χ0n) is 14.9. The second-order valence-corrected chi connectivity index (χ2v) is 8.12. The largest absolute Gasteiger partial charge is 0.455 e. The molecular weight excluding hydrogens is 382 g/mol. The molecule has 1 N–H and O–H groups in total. The number of hydrogen-bond donors (Lipinski definition) is 1. The molecule has 0 aliphatic carbocycles. The minimum absolute atomic E-state index is 0.224. The third kappa shape index (κ3) is 5.55. The number of aryl methyl sites for hydroxylation is 1. The monoisotopic (exact) mass is 401 g/mol. The van der Waals surface area contributed by atoms with E-state index < -0.39 is 10.8 Å². The molecule has 0 saturated carbocycles. The first-order valence-corrected chi connectivity index (χ1v) is 10.4. The smallest absolute Gasteiger partial charge is 0.287 e. The van der Waals surface area contributed by atoms with E-state index in [-0.39, 0.29) is 17.4 Å². The molecule has 1 heterocycles. The number of carbonyl (C=O) groups excluding carboxylic acids is 1. The molecule has 0 aliphatic rings. The maximum absolute atomic E-state index is 12.3. The number of hydrogen-bond acceptors (Lipinski definition) is 3. The molecule has 1 atom stereocenters. The Bertz CT molecular complexity index is 950. The molecule has 2 aromatic carbocycles. The minimum Gasteiger partial charge on any atom is -0.455 e. The summed E-state index contributed by atoms with van der Waals surface area (Å²) in [6.07, 6.45) is 0. The van der Waals surface area contributed by atoms with Gasteiger partial charge in [-0.05, 0) is 47.9 Å². The molecule has 140 valence electrons. The molecule has 3 aromatic rings. The molecule has 0 saturated heterocycles. The second-order valence-electron chi connectivity index (χ2n) is 6.23. The first-order valence-electron chi connectivity index (χ1n) is 8.52. The van der Waals surface area contributed by atoms with Gasteiger partial charge in [0.15, 0.2) is 5.76 Å². The van der Waals surface area contributed by atoms with Crippen LogP contribution in [-0.2, 0) is 28.9 Å². The van der Waals surface area contributed by atoms with Gasteiger partial charge in [-0.1, -0.05) is 48.0 Å². The first kappa shape index (κ1) is 19.4. The number of halogens is 1. The maximum atomic E-state index is 12.3. The number of rotatable bonds is 7. The molecule has 0 aliphatic heterocycles. The lowest BCUT2D eigenvalue weighted by atomic mass is 10.1. The Labute approximate surface area is 166 Å². The van der Waals surface area contributed by atoms with Gasteiger partial charge in [0, 0.05) is 28.1 Å². The van der Waals surface area contributed by atoms with E-state index in [0.717, 1.165) is 16.7 Å². The van der Waals surface area contributed by atoms with Crippen molar-refractivity contribution in [3.8, 4) is 0 Å². The van der Waals surface area contributed by atoms with E-state index in [0.29, 0.717) is 23.1 Å². The second kappa shape index (κ2) is 9.02. The van der Waals surface area contributed by atoms with Crippen LogP contribution in [0, 0.1) is 6.92 Å². The molecule has 0 spiro atoms. The number of furan rings is 1. The van der Waals surface area contributed by atoms with E-state index in [4.69, 9.17) is 16.0 Å². The van der Waals surface area contributed by atoms with E-state index >= 15 is 0 Å². The summed E-state index contributed by atoms with van der Waals surface area (Å²) >= 11 is 5.86. The highest BCUT2D eigenvalue weighted by atomic mass is 35.5. The van der Waals surface area contributed by atoms with E-state index in [1.54, 1.807) is 24.3 Å². The van der Waals surface area contributed by atoms with Crippen molar-refractivity contribution in [3.05, 3.63) is 93.9 Å². The van der Waals surface area contributed by atoms with Gasteiger partial charge >= 0.3 is 0 Å². The van der Waals surface area contributed by atoms with E-state index in [1.807, 2.05) is 43.3 Å². The summed E-state index contributed by atoms with van der Waals surface area (Å²) in [6.45, 7) is 2.44. The third-order valence-electron chi connectivity index (χ3n) is 4.13. The van der Waals surface area contributed by atoms with Gasteiger partial charge in [0.05, 0.1) is 5.75 Å². The lowest BCUT2D eigenvalue weighted by Crippen LogP contribution is -2.22. The maximum Gasteiger partial charge on any atom is 0.287 e. The average molecular weight is 402 g/mol. The van der Waals surface area contributed by atoms with Crippen molar-refractivity contribution >= 4 is 28.3 Å². The van der Waals surface area contributed by atoms with Gasteiger partial charge in [0.1, 0.15) is 5.76 Å². The Hall–Kier alpha value is -2.37. The van der Waals surface area contributed by atoms with Gasteiger partial charge < -0.3 is 9.73 Å². The summed E-state index contributed by atoms with van der Waals surface area (Å²) < 4.78 is 17.9. The molecule has 6 heteroatoms. The fraction of sp³-hybridized carbons (Fsp3) is 0.190. The Kier molecular flexibility index (Phi) is 6.48. The summed E-state index contributed by atoms with van der Waals surface area (Å²) in [5.41, 5.74) is 3.12. The third-order valence-corrected chi connectivity index (χ3v) is 5.64. The van der Waals surface area contributed by atoms with Crippen molar-refractivity contribution in [2.45, 2.75) is 25.0 Å². The fourth-order valence-electron chi connectivity index (χ4n) is 2.62. The number of benzene rings is 2. The van der Waals surface area contributed by atoms with Gasteiger partial charge in [-0.15, -0.1) is 0 Å². The fourth-order valence-corrected chi connectivity index (χ4v) is 3.89. The van der Waals surface area contributed by atoms with Crippen molar-refractivity contribution < 1.29 is 13.4 Å². The molecule has 1 amide bonds. The van der Waals surface area contributed by atoms with Crippen LogP contribution in [-0.4, -0.2) is 10.1 Å². The van der Waals surface area contributed by atoms with Gasteiger partial charge in [-0.25, -0.2) is 0 Å². The quantitative estimate of drug-likeness (QED) is 0.628. The highest BCUT2D eigenvalue weighted by Crippen LogP contribution is 2.15. The van der Waals surface area contributed by atoms with Crippen LogP contribution in [0.2, 0.25) is 5.02 Å². The Morgan fingerprint density at radius 3 is 2.52 bits per heavy atom. The summed E-state index contributed by atoms with van der Waals surface area (Å²) in [4.78, 5) is 12.3. The summed E-state index contributed by atoms with van der Waals surface area (Å²) in [5.74, 6) is 1.14. The van der Waals surface area contributed by atoms with Crippen LogP contribution in [0.5, 0.6) is 0 Å². The zero-order chi connectivity index (χ0) is 19.2. The van der Waals surface area contributed by atoms with E-state index in [2.05, 4.69) is 5.32 Å². The van der Waals surface area contributed by atoms with Crippen LogP contribution in [0.25, 0.3) is 0 Å². The molecule has 27 heavy (non-hydrogen) atoms. The molecule has 0 fully saturated rings. The zero-order valence-corrected chi connectivity index (χ0v) is 16.5. The molecule has 0 radical (unpaired) electrons. The molecule has 1 aromatic heterocycles. The molecule has 4 nitrogen and oxygen atoms in total. The highest BCUT2D eigenvalue weighted by Gasteiger charge is 2.13. The topological polar surface area (TPSA) is 59.3 Å². The lowest BCUT2D eigenvalue weighted by molar-refractivity contribution is 0.0921. The van der Waals surface area contributed by atoms with E-state index in [9.17, 15) is 9.00 Å². The molecule has 3 rings (SSSR count). The summed E-state index contributed by atoms with van der Waals surface area (Å²) in [6, 6.07) is 18.4. The van der Waals surface area contributed by atoms with Gasteiger partial charge in [0.2, 0.25) is 0 Å². The van der Waals surface area contributed by atoms with Gasteiger partial charge in [0.25, 0.3) is 5.91 Å². The standard InChI is InChI=1S/C21H20ClNO3S/c1-15-4-2-3-5-17(15)12-23-21(24)20-11-10-19(26-20)14-27(25)13-16-6-8-18(22)9-7-16/h2-11H,12-14H2,1H3,(H,23,24). The van der Waals surface area contributed by atoms with Gasteiger partial charge in [-0.2, -0.15) is 0 Å². The van der Waals surface area contributed by atoms with Gasteiger partial charge in [-0.3, -0.25) is 9.00 Å². The lowest BCUT2D eigenvalue weighted by Gasteiger charge is -2.06. The predicted molar refractivity (Wildman–Crippen MR) is 108 cm³/mol. The molecular formula is C21H20ClNO3S. The van der Waals surface area contributed by atoms with Crippen molar-refractivity contribution in [1.29, 1.82) is 0 Å². The number of carbonyl (C=O) groups is 1. The number of amides is 1. The van der Waals surface area contributed by atoms with Crippen molar-refractivity contribution in [2.24, 2.45) is 0 Å². The first-order chi connectivity index (χ1) is 13.0. The Balaban J connectivity index is 1.54. The van der Waals surface area contributed by atoms with Crippen LogP contribution < -0.4 is 5.32 Å². The molecule has 0 bridgehead atoms. The number of nitrogens with one attached hydrogen (secondary N) is 1. The van der Waals surface area contributed by atoms with Crippen molar-refractivity contribution in [2.75, 3.05) is 0 Å². The predicted octanol–water partition coefficient (Wildman–Crippen LogP) is 4.62. The highest BCUT2D eigenvalue weighted by molar-refractivity contribution is 7.83. The Morgan fingerprint density at radius 2 is 1.78 bits per heavy atom. The minimum atomic E-state index is -1.13. The van der Waals surface area contributed by atoms with E-state index in [1.165, 1.54) is 0 Å². The van der Waals surface area contributed by atoms with Crippen LogP contribution >= 0.6 is 11.6 Å². The van der Waals surface area contributed by atoms with Crippen LogP contribution in [0.3, 0.4) is 0 Å². The Morgan fingerprint density at radius 1 is 1.04 bits per heavy atom. The summed E-state index contributed by atoms with van der Waals surface area (Å²) in [5, 5.41) is 3.50. The van der Waals surface area contributed by atoms with Crippen LogP contribution in [0.15, 0.2) is 65.1 Å². The van der Waals surface area contributed by atoms with Crippen molar-refractivity contribution in [1.82, 2.24) is 5.32 Å².